The van der Waals surface area contributed by atoms with E-state index in [1.807, 2.05) is 0 Å². The maximum absolute atomic E-state index is 12.4. The summed E-state index contributed by atoms with van der Waals surface area (Å²) < 4.78 is 0. The lowest BCUT2D eigenvalue weighted by atomic mass is 10.0. The molecule has 0 bridgehead atoms. The number of likely N-dealkylation sites (tertiary alicyclic amines) is 1. The van der Waals surface area contributed by atoms with Gasteiger partial charge in [-0.25, -0.2) is 0 Å². The van der Waals surface area contributed by atoms with Crippen LogP contribution in [0.15, 0.2) is 24.3 Å². The lowest BCUT2D eigenvalue weighted by Gasteiger charge is -2.31. The molecular formula is C16H21ClN2O3. The molecule has 2 N–H and O–H groups in total. The van der Waals surface area contributed by atoms with E-state index >= 15 is 0 Å². The Hall–Kier alpha value is -1.59. The first kappa shape index (κ1) is 16.8. The Morgan fingerprint density at radius 2 is 2.09 bits per heavy atom. The molecule has 1 aromatic rings. The predicted molar refractivity (Wildman–Crippen MR) is 84.4 cm³/mol. The molecule has 22 heavy (non-hydrogen) atoms. The second-order valence-corrected chi connectivity index (χ2v) is 6.08. The number of amides is 2. The molecule has 0 saturated carbocycles. The Kier molecular flexibility index (Phi) is 5.80. The maximum atomic E-state index is 12.4. The number of hydrogen-bond acceptors (Lipinski definition) is 3. The van der Waals surface area contributed by atoms with E-state index in [9.17, 15) is 14.7 Å². The van der Waals surface area contributed by atoms with E-state index in [0.29, 0.717) is 18.1 Å². The van der Waals surface area contributed by atoms with Gasteiger partial charge < -0.3 is 15.3 Å². The standard InChI is InChI=1S/C16H21ClN2O3/c1-11(20)18-15(12-4-6-13(17)7-5-12)9-16(22)19-8-2-3-14(21)10-19/h4-7,14-15,21H,2-3,8-10H2,1H3,(H,18,20). The number of rotatable bonds is 4. The summed E-state index contributed by atoms with van der Waals surface area (Å²) in [7, 11) is 0. The zero-order valence-corrected chi connectivity index (χ0v) is 13.3. The third-order valence-corrected chi connectivity index (χ3v) is 4.03. The van der Waals surface area contributed by atoms with E-state index < -0.39 is 6.10 Å². The monoisotopic (exact) mass is 324 g/mol. The molecule has 1 aliphatic rings. The molecule has 0 aliphatic carbocycles. The third kappa shape index (κ3) is 4.71. The molecule has 1 heterocycles. The van der Waals surface area contributed by atoms with Crippen LogP contribution in [0.4, 0.5) is 0 Å². The number of aliphatic hydroxyl groups excluding tert-OH is 1. The predicted octanol–water partition coefficient (Wildman–Crippen LogP) is 1.89. The highest BCUT2D eigenvalue weighted by Gasteiger charge is 2.25. The normalized spacial score (nSPS) is 19.6. The van der Waals surface area contributed by atoms with Crippen LogP contribution in [0, 0.1) is 0 Å². The number of carbonyl (C=O) groups excluding carboxylic acids is 2. The van der Waals surface area contributed by atoms with E-state index in [0.717, 1.165) is 18.4 Å². The van der Waals surface area contributed by atoms with Crippen molar-refractivity contribution in [2.24, 2.45) is 0 Å². The number of halogens is 1. The SMILES string of the molecule is CC(=O)NC(CC(=O)N1CCCC(O)C1)c1ccc(Cl)cc1. The van der Waals surface area contributed by atoms with Gasteiger partial charge in [0.25, 0.3) is 0 Å². The van der Waals surface area contributed by atoms with Gasteiger partial charge >= 0.3 is 0 Å². The molecule has 5 nitrogen and oxygen atoms in total. The molecule has 0 radical (unpaired) electrons. The van der Waals surface area contributed by atoms with Crippen LogP contribution in [0.25, 0.3) is 0 Å². The molecule has 2 rings (SSSR count). The Morgan fingerprint density at radius 1 is 1.41 bits per heavy atom. The summed E-state index contributed by atoms with van der Waals surface area (Å²) in [4.78, 5) is 25.5. The van der Waals surface area contributed by atoms with Gasteiger partial charge in [-0.05, 0) is 30.5 Å². The minimum absolute atomic E-state index is 0.0625. The average molecular weight is 325 g/mol. The molecule has 2 atom stereocenters. The Labute approximate surface area is 135 Å². The highest BCUT2D eigenvalue weighted by Crippen LogP contribution is 2.21. The zero-order chi connectivity index (χ0) is 16.1. The van der Waals surface area contributed by atoms with Gasteiger partial charge in [0.2, 0.25) is 11.8 Å². The molecule has 1 saturated heterocycles. The summed E-state index contributed by atoms with van der Waals surface area (Å²) in [6.45, 7) is 2.45. The number of hydrogen-bond donors (Lipinski definition) is 2. The highest BCUT2D eigenvalue weighted by atomic mass is 35.5. The van der Waals surface area contributed by atoms with Gasteiger partial charge in [-0.3, -0.25) is 9.59 Å². The fraction of sp³-hybridized carbons (Fsp3) is 0.500. The van der Waals surface area contributed by atoms with Crippen molar-refractivity contribution in [3.8, 4) is 0 Å². The third-order valence-electron chi connectivity index (χ3n) is 3.78. The first-order valence-corrected chi connectivity index (χ1v) is 7.82. The van der Waals surface area contributed by atoms with Gasteiger partial charge in [0.15, 0.2) is 0 Å². The van der Waals surface area contributed by atoms with E-state index in [1.165, 1.54) is 6.92 Å². The summed E-state index contributed by atoms with van der Waals surface area (Å²) in [5.74, 6) is -0.251. The fourth-order valence-corrected chi connectivity index (χ4v) is 2.80. The van der Waals surface area contributed by atoms with Crippen molar-refractivity contribution in [1.29, 1.82) is 0 Å². The van der Waals surface area contributed by atoms with Crippen molar-refractivity contribution < 1.29 is 14.7 Å². The largest absolute Gasteiger partial charge is 0.391 e. The van der Waals surface area contributed by atoms with Crippen molar-refractivity contribution >= 4 is 23.4 Å². The number of β-amino-alcohol motifs (C(OH)–C–C–N with tert-alkyl or cyclic N) is 1. The number of benzene rings is 1. The van der Waals surface area contributed by atoms with Gasteiger partial charge in [0.1, 0.15) is 0 Å². The lowest BCUT2D eigenvalue weighted by Crippen LogP contribution is -2.43. The number of aliphatic hydroxyl groups is 1. The van der Waals surface area contributed by atoms with Gasteiger partial charge in [-0.1, -0.05) is 23.7 Å². The first-order chi connectivity index (χ1) is 10.5. The molecule has 120 valence electrons. The van der Waals surface area contributed by atoms with Crippen molar-refractivity contribution in [2.75, 3.05) is 13.1 Å². The van der Waals surface area contributed by atoms with Crippen LogP contribution in [0.5, 0.6) is 0 Å². The summed E-state index contributed by atoms with van der Waals surface area (Å²) in [6, 6.07) is 6.70. The smallest absolute Gasteiger partial charge is 0.225 e. The second-order valence-electron chi connectivity index (χ2n) is 5.64. The van der Waals surface area contributed by atoms with Crippen molar-refractivity contribution in [3.63, 3.8) is 0 Å². The van der Waals surface area contributed by atoms with Crippen LogP contribution < -0.4 is 5.32 Å². The van der Waals surface area contributed by atoms with Crippen molar-refractivity contribution in [3.05, 3.63) is 34.9 Å². The molecular weight excluding hydrogens is 304 g/mol. The van der Waals surface area contributed by atoms with E-state index in [1.54, 1.807) is 29.2 Å². The van der Waals surface area contributed by atoms with Crippen molar-refractivity contribution in [2.45, 2.75) is 38.3 Å². The Balaban J connectivity index is 2.07. The average Bonchev–Trinajstić information content (AvgIpc) is 2.47. The van der Waals surface area contributed by atoms with Gasteiger partial charge in [-0.2, -0.15) is 0 Å². The van der Waals surface area contributed by atoms with E-state index in [-0.39, 0.29) is 24.3 Å². The topological polar surface area (TPSA) is 69.6 Å². The molecule has 1 aliphatic heterocycles. The number of piperidine rings is 1. The lowest BCUT2D eigenvalue weighted by molar-refractivity contribution is -0.135. The minimum Gasteiger partial charge on any atom is -0.391 e. The molecule has 0 spiro atoms. The molecule has 2 amide bonds. The summed E-state index contributed by atoms with van der Waals surface area (Å²) >= 11 is 5.88. The quantitative estimate of drug-likeness (QED) is 0.888. The van der Waals surface area contributed by atoms with Crippen LogP contribution in [0.2, 0.25) is 5.02 Å². The molecule has 1 aromatic carbocycles. The number of nitrogens with zero attached hydrogens (tertiary/aromatic N) is 1. The highest BCUT2D eigenvalue weighted by molar-refractivity contribution is 6.30. The van der Waals surface area contributed by atoms with Crippen molar-refractivity contribution in [1.82, 2.24) is 10.2 Å². The molecule has 6 heteroatoms. The zero-order valence-electron chi connectivity index (χ0n) is 12.6. The molecule has 2 unspecified atom stereocenters. The molecule has 1 fully saturated rings. The van der Waals surface area contributed by atoms with Crippen LogP contribution in [0.3, 0.4) is 0 Å². The number of nitrogens with one attached hydrogen (secondary N) is 1. The van der Waals surface area contributed by atoms with Gasteiger partial charge in [0.05, 0.1) is 18.6 Å². The minimum atomic E-state index is -0.451. The summed E-state index contributed by atoms with van der Waals surface area (Å²) in [5, 5.41) is 13.1. The molecule has 0 aromatic heterocycles. The Morgan fingerprint density at radius 3 is 2.68 bits per heavy atom. The summed E-state index contributed by atoms with van der Waals surface area (Å²) in [5.41, 5.74) is 0.838. The first-order valence-electron chi connectivity index (χ1n) is 7.44. The van der Waals surface area contributed by atoms with E-state index in [4.69, 9.17) is 11.6 Å². The van der Waals surface area contributed by atoms with Gasteiger partial charge in [-0.15, -0.1) is 0 Å². The fourth-order valence-electron chi connectivity index (χ4n) is 2.68. The summed E-state index contributed by atoms with van der Waals surface area (Å²) in [6.07, 6.45) is 1.26. The van der Waals surface area contributed by atoms with Crippen LogP contribution in [0.1, 0.15) is 37.8 Å². The second kappa shape index (κ2) is 7.61. The van der Waals surface area contributed by atoms with E-state index in [2.05, 4.69) is 5.32 Å². The van der Waals surface area contributed by atoms with Crippen LogP contribution in [-0.2, 0) is 9.59 Å². The van der Waals surface area contributed by atoms with Gasteiger partial charge in [0, 0.05) is 25.0 Å². The number of carbonyl (C=O) groups is 2. The van der Waals surface area contributed by atoms with Crippen LogP contribution >= 0.6 is 11.6 Å². The van der Waals surface area contributed by atoms with Crippen LogP contribution in [-0.4, -0.2) is 41.0 Å². The Bertz CT molecular complexity index is 533. The maximum Gasteiger partial charge on any atom is 0.225 e.